The van der Waals surface area contributed by atoms with E-state index in [2.05, 4.69) is 41.0 Å². The van der Waals surface area contributed by atoms with Crippen molar-refractivity contribution in [3.05, 3.63) is 42.2 Å². The highest BCUT2D eigenvalue weighted by molar-refractivity contribution is 6.00. The van der Waals surface area contributed by atoms with Gasteiger partial charge in [0.15, 0.2) is 0 Å². The number of hydrogen-bond acceptors (Lipinski definition) is 4. The Bertz CT molecular complexity index is 1160. The van der Waals surface area contributed by atoms with E-state index in [0.717, 1.165) is 37.7 Å². The molecule has 3 fully saturated rings. The number of nitrogens with zero attached hydrogens (tertiary/aromatic N) is 3. The minimum atomic E-state index is 0.0221. The maximum Gasteiger partial charge on any atom is 0.254 e. The molecule has 3 amide bonds. The molecule has 2 bridgehead atoms. The predicted molar refractivity (Wildman–Crippen MR) is 151 cm³/mol. The summed E-state index contributed by atoms with van der Waals surface area (Å²) in [7, 11) is 0. The molecule has 3 saturated heterocycles. The Morgan fingerprint density at radius 2 is 1.90 bits per heavy atom. The van der Waals surface area contributed by atoms with E-state index in [0.29, 0.717) is 49.8 Å². The minimum absolute atomic E-state index is 0.0221. The van der Waals surface area contributed by atoms with Crippen molar-refractivity contribution in [2.24, 2.45) is 23.7 Å². The number of hydrogen-bond donors (Lipinski definition) is 2. The number of carbonyl (C=O) groups excluding carboxylic acids is 3. The third kappa shape index (κ3) is 6.20. The monoisotopic (exact) mass is 533 g/mol. The molecule has 5 rings (SSSR count). The topological polar surface area (TPSA) is 98.4 Å². The Balaban J connectivity index is 1.35. The van der Waals surface area contributed by atoms with E-state index in [9.17, 15) is 14.4 Å². The van der Waals surface area contributed by atoms with Crippen LogP contribution in [0.5, 0.6) is 0 Å². The van der Waals surface area contributed by atoms with Crippen molar-refractivity contribution in [2.75, 3.05) is 19.6 Å². The minimum Gasteiger partial charge on any atom is -0.353 e. The lowest BCUT2D eigenvalue weighted by atomic mass is 9.77. The summed E-state index contributed by atoms with van der Waals surface area (Å²) in [5.74, 6) is 2.19. The van der Waals surface area contributed by atoms with Gasteiger partial charge in [-0.1, -0.05) is 39.0 Å². The molecule has 39 heavy (non-hydrogen) atoms. The summed E-state index contributed by atoms with van der Waals surface area (Å²) < 4.78 is 0. The average molecular weight is 534 g/mol. The number of aromatic amines is 1. The van der Waals surface area contributed by atoms with Gasteiger partial charge in [-0.25, -0.2) is 4.98 Å². The van der Waals surface area contributed by atoms with Crippen molar-refractivity contribution >= 4 is 17.7 Å². The summed E-state index contributed by atoms with van der Waals surface area (Å²) >= 11 is 0. The van der Waals surface area contributed by atoms with Crippen molar-refractivity contribution in [3.63, 3.8) is 0 Å². The van der Waals surface area contributed by atoms with Gasteiger partial charge in [0.05, 0.1) is 5.56 Å². The second kappa shape index (κ2) is 11.9. The van der Waals surface area contributed by atoms with Crippen LogP contribution < -0.4 is 5.32 Å². The first-order chi connectivity index (χ1) is 18.8. The number of likely N-dealkylation sites (tertiary alicyclic amines) is 1. The summed E-state index contributed by atoms with van der Waals surface area (Å²) in [5, 5.41) is 3.26. The molecule has 8 heteroatoms. The van der Waals surface area contributed by atoms with E-state index < -0.39 is 0 Å². The van der Waals surface area contributed by atoms with Crippen LogP contribution in [0, 0.1) is 23.7 Å². The quantitative estimate of drug-likeness (QED) is 0.607. The Kier molecular flexibility index (Phi) is 8.38. The smallest absolute Gasteiger partial charge is 0.254 e. The van der Waals surface area contributed by atoms with Gasteiger partial charge in [0.1, 0.15) is 5.82 Å². The first-order valence-corrected chi connectivity index (χ1v) is 14.8. The zero-order chi connectivity index (χ0) is 27.5. The molecule has 210 valence electrons. The maximum absolute atomic E-state index is 13.8. The number of aromatic nitrogens is 2. The van der Waals surface area contributed by atoms with Crippen molar-refractivity contribution < 1.29 is 14.4 Å². The number of fused-ring (bicyclic) bond motifs is 4. The van der Waals surface area contributed by atoms with Gasteiger partial charge in [0, 0.05) is 62.5 Å². The van der Waals surface area contributed by atoms with Crippen LogP contribution in [0.15, 0.2) is 36.7 Å². The van der Waals surface area contributed by atoms with Gasteiger partial charge < -0.3 is 20.1 Å². The molecule has 3 aliphatic heterocycles. The lowest BCUT2D eigenvalue weighted by Gasteiger charge is -2.51. The first kappa shape index (κ1) is 27.4. The SMILES string of the molecule is CC(C)[C@@H]1CC[C@@H](C)CC(=O)N2C[C@H]3C[C@H](CN(C(=O)c4ccccc4-c4ncc[nH]4)C3)[C@@H]2CCCC(=O)N1. The Morgan fingerprint density at radius 1 is 1.08 bits per heavy atom. The van der Waals surface area contributed by atoms with Crippen molar-refractivity contribution in [2.45, 2.75) is 77.8 Å². The molecule has 0 saturated carbocycles. The molecule has 0 radical (unpaired) electrons. The average Bonchev–Trinajstić information content (AvgIpc) is 3.46. The number of amides is 3. The van der Waals surface area contributed by atoms with E-state index >= 15 is 0 Å². The number of rotatable bonds is 3. The molecule has 8 nitrogen and oxygen atoms in total. The van der Waals surface area contributed by atoms with Gasteiger partial charge in [-0.2, -0.15) is 0 Å². The predicted octanol–water partition coefficient (Wildman–Crippen LogP) is 4.50. The highest BCUT2D eigenvalue weighted by Crippen LogP contribution is 2.37. The van der Waals surface area contributed by atoms with Gasteiger partial charge >= 0.3 is 0 Å². The van der Waals surface area contributed by atoms with E-state index in [1.807, 2.05) is 29.2 Å². The normalized spacial score (nSPS) is 28.7. The van der Waals surface area contributed by atoms with E-state index in [-0.39, 0.29) is 47.6 Å². The molecule has 0 aliphatic carbocycles. The van der Waals surface area contributed by atoms with Gasteiger partial charge in [0.25, 0.3) is 5.91 Å². The second-order valence-corrected chi connectivity index (χ2v) is 12.4. The molecular formula is C31H43N5O3. The van der Waals surface area contributed by atoms with E-state index in [1.165, 1.54) is 0 Å². The molecule has 1 aromatic heterocycles. The van der Waals surface area contributed by atoms with Gasteiger partial charge in [-0.05, 0) is 61.8 Å². The zero-order valence-corrected chi connectivity index (χ0v) is 23.6. The van der Waals surface area contributed by atoms with Gasteiger partial charge in [-0.3, -0.25) is 14.4 Å². The molecule has 1 aromatic carbocycles. The van der Waals surface area contributed by atoms with Crippen LogP contribution in [0.3, 0.4) is 0 Å². The van der Waals surface area contributed by atoms with Crippen molar-refractivity contribution in [1.82, 2.24) is 25.1 Å². The lowest BCUT2D eigenvalue weighted by Crippen LogP contribution is -2.60. The molecule has 0 unspecified atom stereocenters. The summed E-state index contributed by atoms with van der Waals surface area (Å²) in [6, 6.07) is 7.85. The molecule has 3 aliphatic rings. The fourth-order valence-electron chi connectivity index (χ4n) is 6.93. The first-order valence-electron chi connectivity index (χ1n) is 14.8. The van der Waals surface area contributed by atoms with E-state index in [4.69, 9.17) is 0 Å². The second-order valence-electron chi connectivity index (χ2n) is 12.4. The third-order valence-electron chi connectivity index (χ3n) is 9.04. The van der Waals surface area contributed by atoms with Crippen LogP contribution in [0.1, 0.15) is 76.1 Å². The molecular weight excluding hydrogens is 490 g/mol. The summed E-state index contributed by atoms with van der Waals surface area (Å²) in [4.78, 5) is 51.9. The highest BCUT2D eigenvalue weighted by atomic mass is 16.2. The molecule has 0 spiro atoms. The fourth-order valence-corrected chi connectivity index (χ4v) is 6.93. The number of piperidine rings is 2. The number of carbonyl (C=O) groups is 3. The summed E-state index contributed by atoms with van der Waals surface area (Å²) in [5.41, 5.74) is 1.46. The van der Waals surface area contributed by atoms with Gasteiger partial charge in [0.2, 0.25) is 11.8 Å². The summed E-state index contributed by atoms with van der Waals surface area (Å²) in [6.45, 7) is 8.45. The standard InChI is InChI=1S/C31H43N5O3/c1-20(2)26-12-11-21(3)15-29(38)36-18-22-16-23(27(36)9-6-10-28(37)34-26)19-35(17-22)31(39)25-8-5-4-7-24(25)30-32-13-14-33-30/h4-5,7-8,13-14,20-23,26-27H,6,9-12,15-19H2,1-3H3,(H,32,33)(H,34,37)/t21-,22+,23-,26+,27+/m1/s1. The van der Waals surface area contributed by atoms with Crippen LogP contribution >= 0.6 is 0 Å². The Labute approximate surface area is 231 Å². The summed E-state index contributed by atoms with van der Waals surface area (Å²) in [6.07, 6.45) is 8.89. The number of nitrogens with one attached hydrogen (secondary N) is 2. The Morgan fingerprint density at radius 3 is 2.67 bits per heavy atom. The third-order valence-corrected chi connectivity index (χ3v) is 9.04. The number of benzene rings is 1. The molecule has 2 N–H and O–H groups in total. The number of H-pyrrole nitrogens is 1. The highest BCUT2D eigenvalue weighted by Gasteiger charge is 2.44. The number of imidazole rings is 1. The maximum atomic E-state index is 13.8. The van der Waals surface area contributed by atoms with Crippen LogP contribution in [-0.2, 0) is 9.59 Å². The van der Waals surface area contributed by atoms with E-state index in [1.54, 1.807) is 12.4 Å². The lowest BCUT2D eigenvalue weighted by molar-refractivity contribution is -0.141. The van der Waals surface area contributed by atoms with Crippen LogP contribution in [0.4, 0.5) is 0 Å². The largest absolute Gasteiger partial charge is 0.353 e. The van der Waals surface area contributed by atoms with Gasteiger partial charge in [-0.15, -0.1) is 0 Å². The zero-order valence-electron chi connectivity index (χ0n) is 23.6. The van der Waals surface area contributed by atoms with Crippen molar-refractivity contribution in [3.8, 4) is 11.4 Å². The van der Waals surface area contributed by atoms with Crippen LogP contribution in [-0.4, -0.2) is 69.2 Å². The fraction of sp³-hybridized carbons (Fsp3) is 0.613. The molecule has 4 heterocycles. The van der Waals surface area contributed by atoms with Crippen LogP contribution in [0.25, 0.3) is 11.4 Å². The Hall–Kier alpha value is -3.16. The molecule has 5 atom stereocenters. The molecule has 2 aromatic rings. The van der Waals surface area contributed by atoms with Crippen molar-refractivity contribution in [1.29, 1.82) is 0 Å². The van der Waals surface area contributed by atoms with Crippen LogP contribution in [0.2, 0.25) is 0 Å².